The Bertz CT molecular complexity index is 449. The molecule has 0 aromatic carbocycles. The van der Waals surface area contributed by atoms with Crippen molar-refractivity contribution in [3.63, 3.8) is 0 Å². The number of pyridine rings is 1. The molecule has 0 saturated carbocycles. The topological polar surface area (TPSA) is 62.0 Å². The fraction of sp³-hybridized carbons (Fsp3) is 0.571. The van der Waals surface area contributed by atoms with Crippen molar-refractivity contribution in [3.8, 4) is 0 Å². The maximum atomic E-state index is 11.8. The van der Waals surface area contributed by atoms with Crippen LogP contribution in [0.2, 0.25) is 0 Å². The van der Waals surface area contributed by atoms with E-state index in [0.29, 0.717) is 23.7 Å². The third kappa shape index (κ3) is 4.35. The maximum absolute atomic E-state index is 11.8. The molecule has 1 amide bonds. The van der Waals surface area contributed by atoms with Crippen LogP contribution in [0.15, 0.2) is 17.1 Å². The zero-order chi connectivity index (χ0) is 13.5. The predicted octanol–water partition coefficient (Wildman–Crippen LogP) is 2.24. The average molecular weight is 250 g/mol. The molecule has 0 atom stereocenters. The van der Waals surface area contributed by atoms with Gasteiger partial charge in [-0.25, -0.2) is 0 Å². The molecule has 0 radical (unpaired) electrons. The van der Waals surface area contributed by atoms with Crippen molar-refractivity contribution >= 4 is 5.91 Å². The number of aromatic nitrogens is 1. The summed E-state index contributed by atoms with van der Waals surface area (Å²) in [5, 5.41) is 2.83. The summed E-state index contributed by atoms with van der Waals surface area (Å²) in [4.78, 5) is 26.1. The molecule has 18 heavy (non-hydrogen) atoms. The number of unbranched alkanes of at least 4 members (excludes halogenated alkanes) is 1. The first-order chi connectivity index (χ1) is 8.52. The van der Waals surface area contributed by atoms with Crippen LogP contribution in [0.4, 0.5) is 0 Å². The van der Waals surface area contributed by atoms with Crippen molar-refractivity contribution in [2.75, 3.05) is 6.54 Å². The summed E-state index contributed by atoms with van der Waals surface area (Å²) < 4.78 is 0. The minimum Gasteiger partial charge on any atom is -0.357 e. The molecule has 1 rings (SSSR count). The van der Waals surface area contributed by atoms with Crippen LogP contribution < -0.4 is 10.7 Å². The highest BCUT2D eigenvalue weighted by Gasteiger charge is 2.10. The molecule has 1 aromatic heterocycles. The summed E-state index contributed by atoms with van der Waals surface area (Å²) in [6.07, 6.45) is 4.77. The minimum atomic E-state index is -0.199. The molecule has 0 aliphatic rings. The van der Waals surface area contributed by atoms with Gasteiger partial charge >= 0.3 is 0 Å². The SMILES string of the molecule is Cc1c(C(=O)NCCCCC(C)C)[nH]ccc1=O. The predicted molar refractivity (Wildman–Crippen MR) is 72.8 cm³/mol. The van der Waals surface area contributed by atoms with Gasteiger partial charge in [-0.3, -0.25) is 9.59 Å². The van der Waals surface area contributed by atoms with E-state index in [-0.39, 0.29) is 11.3 Å². The summed E-state index contributed by atoms with van der Waals surface area (Å²) in [5.41, 5.74) is 0.724. The van der Waals surface area contributed by atoms with Crippen molar-refractivity contribution < 1.29 is 4.79 Å². The van der Waals surface area contributed by atoms with E-state index in [0.717, 1.165) is 12.8 Å². The summed E-state index contributed by atoms with van der Waals surface area (Å²) in [6.45, 7) is 6.70. The second kappa shape index (κ2) is 6.99. The van der Waals surface area contributed by atoms with Gasteiger partial charge in [-0.2, -0.15) is 0 Å². The molecule has 100 valence electrons. The molecule has 0 saturated heterocycles. The van der Waals surface area contributed by atoms with Gasteiger partial charge in [0.05, 0.1) is 0 Å². The molecule has 0 aliphatic carbocycles. The smallest absolute Gasteiger partial charge is 0.268 e. The number of nitrogens with one attached hydrogen (secondary N) is 2. The van der Waals surface area contributed by atoms with Crippen molar-refractivity contribution in [2.45, 2.75) is 40.0 Å². The number of aromatic amines is 1. The highest BCUT2D eigenvalue weighted by molar-refractivity contribution is 5.93. The monoisotopic (exact) mass is 250 g/mol. The Morgan fingerprint density at radius 2 is 2.11 bits per heavy atom. The molecule has 0 unspecified atom stereocenters. The lowest BCUT2D eigenvalue weighted by Gasteiger charge is -2.07. The van der Waals surface area contributed by atoms with Crippen molar-refractivity contribution in [1.82, 2.24) is 10.3 Å². The third-order valence-electron chi connectivity index (χ3n) is 2.93. The van der Waals surface area contributed by atoms with Crippen LogP contribution in [0.25, 0.3) is 0 Å². The van der Waals surface area contributed by atoms with Crippen molar-refractivity contribution in [1.29, 1.82) is 0 Å². The van der Waals surface area contributed by atoms with Crippen LogP contribution in [0.3, 0.4) is 0 Å². The van der Waals surface area contributed by atoms with Gasteiger partial charge in [-0.1, -0.05) is 26.7 Å². The molecule has 1 heterocycles. The summed E-state index contributed by atoms with van der Waals surface area (Å²) in [5.74, 6) is 0.503. The highest BCUT2D eigenvalue weighted by Crippen LogP contribution is 2.05. The van der Waals surface area contributed by atoms with Crippen LogP contribution in [0.5, 0.6) is 0 Å². The first-order valence-corrected chi connectivity index (χ1v) is 6.49. The van der Waals surface area contributed by atoms with E-state index in [9.17, 15) is 9.59 Å². The first-order valence-electron chi connectivity index (χ1n) is 6.49. The number of hydrogen-bond acceptors (Lipinski definition) is 2. The second-order valence-electron chi connectivity index (χ2n) is 4.99. The number of H-pyrrole nitrogens is 1. The molecule has 2 N–H and O–H groups in total. The Hall–Kier alpha value is -1.58. The molecule has 0 spiro atoms. The second-order valence-corrected chi connectivity index (χ2v) is 4.99. The quantitative estimate of drug-likeness (QED) is 0.761. The maximum Gasteiger partial charge on any atom is 0.268 e. The van der Waals surface area contributed by atoms with Gasteiger partial charge in [0.15, 0.2) is 5.43 Å². The number of carbonyl (C=O) groups excluding carboxylic acids is 1. The van der Waals surface area contributed by atoms with Crippen LogP contribution >= 0.6 is 0 Å². The normalized spacial score (nSPS) is 10.7. The molecular weight excluding hydrogens is 228 g/mol. The lowest BCUT2D eigenvalue weighted by atomic mass is 10.1. The number of hydrogen-bond donors (Lipinski definition) is 2. The van der Waals surface area contributed by atoms with Crippen LogP contribution in [0, 0.1) is 12.8 Å². The number of rotatable bonds is 6. The largest absolute Gasteiger partial charge is 0.357 e. The summed E-state index contributed by atoms with van der Waals surface area (Å²) in [7, 11) is 0. The Morgan fingerprint density at radius 1 is 1.39 bits per heavy atom. The number of carbonyl (C=O) groups is 1. The van der Waals surface area contributed by atoms with Gasteiger partial charge in [0.2, 0.25) is 0 Å². The van der Waals surface area contributed by atoms with E-state index in [1.807, 2.05) is 0 Å². The van der Waals surface area contributed by atoms with E-state index in [1.165, 1.54) is 18.7 Å². The fourth-order valence-electron chi connectivity index (χ4n) is 1.76. The Labute approximate surface area is 108 Å². The highest BCUT2D eigenvalue weighted by atomic mass is 16.2. The Morgan fingerprint density at radius 3 is 2.78 bits per heavy atom. The molecular formula is C14H22N2O2. The van der Waals surface area contributed by atoms with Crippen molar-refractivity contribution in [3.05, 3.63) is 33.7 Å². The van der Waals surface area contributed by atoms with Crippen LogP contribution in [-0.2, 0) is 0 Å². The van der Waals surface area contributed by atoms with Gasteiger partial charge in [0, 0.05) is 24.4 Å². The lowest BCUT2D eigenvalue weighted by Crippen LogP contribution is -2.28. The number of amides is 1. The third-order valence-corrected chi connectivity index (χ3v) is 2.93. The zero-order valence-electron chi connectivity index (χ0n) is 11.4. The summed E-state index contributed by atoms with van der Waals surface area (Å²) >= 11 is 0. The first kappa shape index (κ1) is 14.5. The Kier molecular flexibility index (Phi) is 5.62. The van der Waals surface area contributed by atoms with E-state index in [4.69, 9.17) is 0 Å². The molecule has 1 aromatic rings. The zero-order valence-corrected chi connectivity index (χ0v) is 11.4. The van der Waals surface area contributed by atoms with Gasteiger partial charge in [-0.15, -0.1) is 0 Å². The van der Waals surface area contributed by atoms with E-state index in [1.54, 1.807) is 6.92 Å². The van der Waals surface area contributed by atoms with E-state index in [2.05, 4.69) is 24.1 Å². The van der Waals surface area contributed by atoms with Gasteiger partial charge in [-0.05, 0) is 19.3 Å². The van der Waals surface area contributed by atoms with E-state index >= 15 is 0 Å². The lowest BCUT2D eigenvalue weighted by molar-refractivity contribution is 0.0947. The van der Waals surface area contributed by atoms with Crippen LogP contribution in [-0.4, -0.2) is 17.4 Å². The summed E-state index contributed by atoms with van der Waals surface area (Å²) in [6, 6.07) is 1.43. The van der Waals surface area contributed by atoms with Crippen LogP contribution in [0.1, 0.15) is 49.2 Å². The average Bonchev–Trinajstić information content (AvgIpc) is 2.31. The van der Waals surface area contributed by atoms with Crippen molar-refractivity contribution in [2.24, 2.45) is 5.92 Å². The molecule has 4 nitrogen and oxygen atoms in total. The molecule has 4 heteroatoms. The minimum absolute atomic E-state index is 0.112. The van der Waals surface area contributed by atoms with Gasteiger partial charge in [0.1, 0.15) is 5.69 Å². The Balaban J connectivity index is 2.42. The van der Waals surface area contributed by atoms with E-state index < -0.39 is 0 Å². The standard InChI is InChI=1S/C14H22N2O2/c1-10(2)6-4-5-8-16-14(18)13-11(3)12(17)7-9-15-13/h7,9-10H,4-6,8H2,1-3H3,(H,15,17)(H,16,18). The molecule has 0 fully saturated rings. The van der Waals surface area contributed by atoms with Gasteiger partial charge < -0.3 is 10.3 Å². The molecule has 0 bridgehead atoms. The van der Waals surface area contributed by atoms with Gasteiger partial charge in [0.25, 0.3) is 5.91 Å². The molecule has 0 aliphatic heterocycles. The fourth-order valence-corrected chi connectivity index (χ4v) is 1.76.